The van der Waals surface area contributed by atoms with Gasteiger partial charge in [0.15, 0.2) is 0 Å². The summed E-state index contributed by atoms with van der Waals surface area (Å²) >= 11 is 0. The molecule has 0 atom stereocenters. The summed E-state index contributed by atoms with van der Waals surface area (Å²) in [5.41, 5.74) is 0.322. The van der Waals surface area contributed by atoms with E-state index in [1.807, 2.05) is 42.5 Å². The fraction of sp³-hybridized carbons (Fsp3) is 0.0556. The maximum Gasteiger partial charge on any atom is 0.271 e. The Hall–Kier alpha value is -3.28. The monoisotopic (exact) mass is 324 g/mol. The molecule has 0 heterocycles. The van der Waals surface area contributed by atoms with Crippen molar-refractivity contribution in [3.8, 4) is 0 Å². The Morgan fingerprint density at radius 3 is 2.62 bits per heavy atom. The number of non-ortho nitro benzene ring substituents is 1. The fourth-order valence-corrected chi connectivity index (χ4v) is 2.54. The number of carbonyl (C=O) groups excluding carboxylic acids is 1. The molecule has 0 bridgehead atoms. The molecule has 0 fully saturated rings. The van der Waals surface area contributed by atoms with Crippen molar-refractivity contribution in [2.45, 2.75) is 6.42 Å². The molecule has 1 N–H and O–H groups in total. The lowest BCUT2D eigenvalue weighted by Crippen LogP contribution is -2.15. The number of carbonyl (C=O) groups is 1. The van der Waals surface area contributed by atoms with Crippen molar-refractivity contribution in [2.75, 3.05) is 5.32 Å². The van der Waals surface area contributed by atoms with Crippen LogP contribution in [0.25, 0.3) is 10.8 Å². The zero-order valence-corrected chi connectivity index (χ0v) is 12.5. The first-order valence-electron chi connectivity index (χ1n) is 7.25. The van der Waals surface area contributed by atoms with E-state index in [0.29, 0.717) is 0 Å². The van der Waals surface area contributed by atoms with Crippen molar-refractivity contribution >= 4 is 28.1 Å². The summed E-state index contributed by atoms with van der Waals surface area (Å²) in [7, 11) is 0. The molecule has 24 heavy (non-hydrogen) atoms. The SMILES string of the molecule is O=C(Cc1cccc2ccccc12)Nc1cc([N+](=O)[O-])ccc1F. The second-order valence-electron chi connectivity index (χ2n) is 5.28. The summed E-state index contributed by atoms with van der Waals surface area (Å²) in [6.45, 7) is 0. The maximum atomic E-state index is 13.7. The van der Waals surface area contributed by atoms with Crippen LogP contribution in [0.3, 0.4) is 0 Å². The third-order valence-electron chi connectivity index (χ3n) is 3.67. The number of anilines is 1. The molecule has 0 saturated carbocycles. The van der Waals surface area contributed by atoms with E-state index in [0.717, 1.165) is 34.5 Å². The molecule has 120 valence electrons. The van der Waals surface area contributed by atoms with Crippen molar-refractivity contribution in [1.82, 2.24) is 0 Å². The zero-order valence-electron chi connectivity index (χ0n) is 12.5. The molecular formula is C18H13FN2O3. The Morgan fingerprint density at radius 1 is 1.08 bits per heavy atom. The number of hydrogen-bond acceptors (Lipinski definition) is 3. The van der Waals surface area contributed by atoms with Crippen molar-refractivity contribution in [3.63, 3.8) is 0 Å². The molecule has 3 aromatic carbocycles. The van der Waals surface area contributed by atoms with Crippen LogP contribution in [-0.2, 0) is 11.2 Å². The Labute approximate surface area is 136 Å². The molecule has 0 saturated heterocycles. The van der Waals surface area contributed by atoms with Gasteiger partial charge in [0.25, 0.3) is 5.69 Å². The van der Waals surface area contributed by atoms with E-state index in [1.165, 1.54) is 0 Å². The number of rotatable bonds is 4. The summed E-state index contributed by atoms with van der Waals surface area (Å²) < 4.78 is 13.7. The minimum Gasteiger partial charge on any atom is -0.323 e. The average molecular weight is 324 g/mol. The minimum atomic E-state index is -0.716. The summed E-state index contributed by atoms with van der Waals surface area (Å²) in [5, 5.41) is 15.1. The number of hydrogen-bond donors (Lipinski definition) is 1. The van der Waals surface area contributed by atoms with Crippen LogP contribution in [0, 0.1) is 15.9 Å². The van der Waals surface area contributed by atoms with Crippen molar-refractivity contribution in [2.24, 2.45) is 0 Å². The van der Waals surface area contributed by atoms with E-state index in [-0.39, 0.29) is 17.8 Å². The molecule has 0 aromatic heterocycles. The second-order valence-corrected chi connectivity index (χ2v) is 5.28. The van der Waals surface area contributed by atoms with Gasteiger partial charge >= 0.3 is 0 Å². The molecule has 6 heteroatoms. The van der Waals surface area contributed by atoms with Gasteiger partial charge in [-0.3, -0.25) is 14.9 Å². The van der Waals surface area contributed by atoms with Crippen LogP contribution in [-0.4, -0.2) is 10.8 Å². The average Bonchev–Trinajstić information content (AvgIpc) is 2.57. The van der Waals surface area contributed by atoms with Crippen molar-refractivity contribution in [3.05, 3.63) is 82.2 Å². The van der Waals surface area contributed by atoms with Crippen LogP contribution in [0.2, 0.25) is 0 Å². The number of nitro groups is 1. The second kappa shape index (κ2) is 6.45. The predicted octanol–water partition coefficient (Wildman–Crippen LogP) is 4.07. The topological polar surface area (TPSA) is 72.2 Å². The largest absolute Gasteiger partial charge is 0.323 e. The Bertz CT molecular complexity index is 935. The Kier molecular flexibility index (Phi) is 4.20. The number of benzene rings is 3. The number of nitrogens with one attached hydrogen (secondary N) is 1. The first-order chi connectivity index (χ1) is 11.5. The molecule has 0 aliphatic heterocycles. The quantitative estimate of drug-likeness (QED) is 0.581. The van der Waals surface area contributed by atoms with Crippen molar-refractivity contribution in [1.29, 1.82) is 0 Å². The summed E-state index contributed by atoms with van der Waals surface area (Å²) in [6.07, 6.45) is 0.0451. The highest BCUT2D eigenvalue weighted by molar-refractivity contribution is 5.96. The van der Waals surface area contributed by atoms with Gasteiger partial charge in [-0.15, -0.1) is 0 Å². The van der Waals surface area contributed by atoms with Gasteiger partial charge in [0.05, 0.1) is 17.0 Å². The highest BCUT2D eigenvalue weighted by atomic mass is 19.1. The van der Waals surface area contributed by atoms with E-state index >= 15 is 0 Å². The van der Waals surface area contributed by atoms with Gasteiger partial charge < -0.3 is 5.32 Å². The van der Waals surface area contributed by atoms with Gasteiger partial charge in [-0.2, -0.15) is 0 Å². The predicted molar refractivity (Wildman–Crippen MR) is 89.3 cm³/mol. The standard InChI is InChI=1S/C18H13FN2O3/c19-16-9-8-14(21(23)24)11-17(16)20-18(22)10-13-6-3-5-12-4-1-2-7-15(12)13/h1-9,11H,10H2,(H,20,22). The lowest BCUT2D eigenvalue weighted by molar-refractivity contribution is -0.384. The molecule has 0 radical (unpaired) electrons. The molecule has 0 aliphatic rings. The van der Waals surface area contributed by atoms with Gasteiger partial charge in [-0.25, -0.2) is 4.39 Å². The third kappa shape index (κ3) is 3.22. The minimum absolute atomic E-state index is 0.0451. The number of amides is 1. The molecule has 0 spiro atoms. The zero-order chi connectivity index (χ0) is 17.1. The number of fused-ring (bicyclic) bond motifs is 1. The summed E-state index contributed by atoms with van der Waals surface area (Å²) in [4.78, 5) is 22.3. The highest BCUT2D eigenvalue weighted by Crippen LogP contribution is 2.23. The van der Waals surface area contributed by atoms with Crippen LogP contribution >= 0.6 is 0 Å². The number of nitro benzene ring substituents is 1. The Balaban J connectivity index is 1.83. The van der Waals surface area contributed by atoms with Gasteiger partial charge in [0.1, 0.15) is 5.82 Å². The maximum absolute atomic E-state index is 13.7. The highest BCUT2D eigenvalue weighted by Gasteiger charge is 2.14. The van der Waals surface area contributed by atoms with E-state index in [9.17, 15) is 19.3 Å². The Morgan fingerprint density at radius 2 is 1.83 bits per heavy atom. The fourth-order valence-electron chi connectivity index (χ4n) is 2.54. The molecule has 0 unspecified atom stereocenters. The van der Waals surface area contributed by atoms with E-state index < -0.39 is 16.6 Å². The molecule has 0 aliphatic carbocycles. The van der Waals surface area contributed by atoms with Crippen LogP contribution in [0.1, 0.15) is 5.56 Å². The van der Waals surface area contributed by atoms with Crippen LogP contribution in [0.4, 0.5) is 15.8 Å². The van der Waals surface area contributed by atoms with Gasteiger partial charge in [-0.05, 0) is 22.4 Å². The number of nitrogens with zero attached hydrogens (tertiary/aromatic N) is 1. The van der Waals surface area contributed by atoms with E-state index in [1.54, 1.807) is 0 Å². The molecule has 1 amide bonds. The molecule has 3 rings (SSSR count). The van der Waals surface area contributed by atoms with Gasteiger partial charge in [0.2, 0.25) is 5.91 Å². The first-order valence-corrected chi connectivity index (χ1v) is 7.25. The van der Waals surface area contributed by atoms with E-state index in [2.05, 4.69) is 5.32 Å². The molecule has 5 nitrogen and oxygen atoms in total. The third-order valence-corrected chi connectivity index (χ3v) is 3.67. The van der Waals surface area contributed by atoms with Gasteiger partial charge in [0, 0.05) is 12.1 Å². The van der Waals surface area contributed by atoms with Crippen LogP contribution in [0.15, 0.2) is 60.7 Å². The summed E-state index contributed by atoms with van der Waals surface area (Å²) in [5.74, 6) is -1.15. The normalized spacial score (nSPS) is 10.5. The van der Waals surface area contributed by atoms with Crippen LogP contribution < -0.4 is 5.32 Å². The first kappa shape index (κ1) is 15.6. The lowest BCUT2D eigenvalue weighted by atomic mass is 10.0. The van der Waals surface area contributed by atoms with Crippen LogP contribution in [0.5, 0.6) is 0 Å². The smallest absolute Gasteiger partial charge is 0.271 e. The molecule has 3 aromatic rings. The van der Waals surface area contributed by atoms with E-state index in [4.69, 9.17) is 0 Å². The summed E-state index contributed by atoms with van der Waals surface area (Å²) in [6, 6.07) is 16.3. The lowest BCUT2D eigenvalue weighted by Gasteiger charge is -2.08. The van der Waals surface area contributed by atoms with Gasteiger partial charge in [-0.1, -0.05) is 42.5 Å². The number of halogens is 1. The molecular weight excluding hydrogens is 311 g/mol. The van der Waals surface area contributed by atoms with Crippen molar-refractivity contribution < 1.29 is 14.1 Å².